The summed E-state index contributed by atoms with van der Waals surface area (Å²) < 4.78 is 10.6. The Morgan fingerprint density at radius 1 is 1.28 bits per heavy atom. The van der Waals surface area contributed by atoms with Crippen LogP contribution >= 0.6 is 0 Å². The number of hydrogen-bond acceptors (Lipinski definition) is 4. The van der Waals surface area contributed by atoms with Crippen molar-refractivity contribution in [3.8, 4) is 17.6 Å². The number of methoxy groups -OCH3 is 2. The van der Waals surface area contributed by atoms with E-state index in [4.69, 9.17) is 14.7 Å². The predicted octanol–water partition coefficient (Wildman–Crippen LogP) is 2.44. The van der Waals surface area contributed by atoms with Crippen molar-refractivity contribution >= 4 is 0 Å². The van der Waals surface area contributed by atoms with Crippen molar-refractivity contribution < 1.29 is 9.47 Å². The van der Waals surface area contributed by atoms with E-state index in [0.717, 1.165) is 36.6 Å². The molecular formula is C14H20N2O2. The Bertz CT molecular complexity index is 413. The van der Waals surface area contributed by atoms with Crippen LogP contribution in [0.2, 0.25) is 0 Å². The fourth-order valence-corrected chi connectivity index (χ4v) is 1.80. The first kappa shape index (κ1) is 14.3. The summed E-state index contributed by atoms with van der Waals surface area (Å²) in [7, 11) is 5.36. The highest BCUT2D eigenvalue weighted by Crippen LogP contribution is 2.24. The van der Waals surface area contributed by atoms with Gasteiger partial charge >= 0.3 is 0 Å². The van der Waals surface area contributed by atoms with E-state index < -0.39 is 0 Å². The Morgan fingerprint density at radius 3 is 2.67 bits per heavy atom. The molecule has 0 N–H and O–H groups in total. The van der Waals surface area contributed by atoms with Crippen LogP contribution in [0.4, 0.5) is 0 Å². The van der Waals surface area contributed by atoms with Crippen molar-refractivity contribution in [1.29, 1.82) is 5.26 Å². The van der Waals surface area contributed by atoms with Crippen LogP contribution in [-0.4, -0.2) is 32.7 Å². The maximum absolute atomic E-state index is 8.51. The number of rotatable bonds is 7. The molecule has 0 bridgehead atoms. The van der Waals surface area contributed by atoms with Crippen LogP contribution < -0.4 is 9.47 Å². The molecule has 0 spiro atoms. The van der Waals surface area contributed by atoms with Gasteiger partial charge in [-0.25, -0.2) is 0 Å². The Balaban J connectivity index is 2.66. The van der Waals surface area contributed by atoms with Crippen molar-refractivity contribution in [2.75, 3.05) is 27.8 Å². The van der Waals surface area contributed by atoms with Gasteiger partial charge in [-0.2, -0.15) is 5.26 Å². The molecule has 0 saturated heterocycles. The summed E-state index contributed by atoms with van der Waals surface area (Å²) in [5.74, 6) is 1.69. The highest BCUT2D eigenvalue weighted by atomic mass is 16.5. The highest BCUT2D eigenvalue weighted by Gasteiger charge is 2.07. The van der Waals surface area contributed by atoms with Crippen LogP contribution in [0.25, 0.3) is 0 Å². The maximum Gasteiger partial charge on any atom is 0.123 e. The van der Waals surface area contributed by atoms with Gasteiger partial charge in [0.05, 0.1) is 20.3 Å². The summed E-state index contributed by atoms with van der Waals surface area (Å²) in [6.07, 6.45) is 1.48. The topological polar surface area (TPSA) is 45.5 Å². The molecule has 4 heteroatoms. The Morgan fingerprint density at radius 2 is 2.06 bits per heavy atom. The number of nitriles is 1. The first-order valence-corrected chi connectivity index (χ1v) is 5.97. The maximum atomic E-state index is 8.51. The molecule has 0 atom stereocenters. The molecule has 0 aromatic heterocycles. The van der Waals surface area contributed by atoms with Gasteiger partial charge in [0.2, 0.25) is 0 Å². The van der Waals surface area contributed by atoms with Crippen LogP contribution in [0.3, 0.4) is 0 Å². The third-order valence-corrected chi connectivity index (χ3v) is 2.76. The zero-order valence-corrected chi connectivity index (χ0v) is 11.3. The average molecular weight is 248 g/mol. The van der Waals surface area contributed by atoms with Crippen LogP contribution in [-0.2, 0) is 6.54 Å². The van der Waals surface area contributed by atoms with Gasteiger partial charge in [-0.15, -0.1) is 0 Å². The first-order valence-electron chi connectivity index (χ1n) is 5.97. The van der Waals surface area contributed by atoms with Crippen molar-refractivity contribution in [3.05, 3.63) is 23.8 Å². The third kappa shape index (κ3) is 4.27. The molecule has 0 unspecified atom stereocenters. The first-order chi connectivity index (χ1) is 8.71. The van der Waals surface area contributed by atoms with Gasteiger partial charge in [0.15, 0.2) is 0 Å². The van der Waals surface area contributed by atoms with Crippen molar-refractivity contribution in [2.45, 2.75) is 19.4 Å². The van der Waals surface area contributed by atoms with Gasteiger partial charge < -0.3 is 14.4 Å². The lowest BCUT2D eigenvalue weighted by atomic mass is 10.1. The summed E-state index contributed by atoms with van der Waals surface area (Å²) in [5.41, 5.74) is 1.09. The van der Waals surface area contributed by atoms with E-state index in [1.54, 1.807) is 14.2 Å². The van der Waals surface area contributed by atoms with Gasteiger partial charge in [-0.05, 0) is 38.2 Å². The van der Waals surface area contributed by atoms with Crippen molar-refractivity contribution in [3.63, 3.8) is 0 Å². The molecule has 0 aliphatic rings. The Hall–Kier alpha value is -1.73. The van der Waals surface area contributed by atoms with Gasteiger partial charge in [0, 0.05) is 18.5 Å². The minimum Gasteiger partial charge on any atom is -0.497 e. The fourth-order valence-electron chi connectivity index (χ4n) is 1.80. The van der Waals surface area contributed by atoms with E-state index >= 15 is 0 Å². The lowest BCUT2D eigenvalue weighted by Gasteiger charge is -2.18. The van der Waals surface area contributed by atoms with E-state index in [9.17, 15) is 0 Å². The molecule has 18 heavy (non-hydrogen) atoms. The molecule has 0 aliphatic carbocycles. The molecule has 4 nitrogen and oxygen atoms in total. The number of hydrogen-bond donors (Lipinski definition) is 0. The van der Waals surface area contributed by atoms with Crippen molar-refractivity contribution in [1.82, 2.24) is 4.90 Å². The molecule has 0 radical (unpaired) electrons. The van der Waals surface area contributed by atoms with Crippen LogP contribution in [0, 0.1) is 11.3 Å². The average Bonchev–Trinajstić information content (AvgIpc) is 2.39. The number of benzene rings is 1. The van der Waals surface area contributed by atoms with Gasteiger partial charge in [-0.3, -0.25) is 0 Å². The van der Waals surface area contributed by atoms with Gasteiger partial charge in [0.25, 0.3) is 0 Å². The molecule has 0 heterocycles. The van der Waals surface area contributed by atoms with Crippen LogP contribution in [0.1, 0.15) is 18.4 Å². The monoisotopic (exact) mass is 248 g/mol. The summed E-state index contributed by atoms with van der Waals surface area (Å²) in [6, 6.07) is 7.94. The minimum absolute atomic E-state index is 0.597. The van der Waals surface area contributed by atoms with Gasteiger partial charge in [-0.1, -0.05) is 0 Å². The molecule has 0 fully saturated rings. The summed E-state index contributed by atoms with van der Waals surface area (Å²) >= 11 is 0. The summed E-state index contributed by atoms with van der Waals surface area (Å²) in [5, 5.41) is 8.51. The van der Waals surface area contributed by atoms with E-state index in [-0.39, 0.29) is 0 Å². The lowest BCUT2D eigenvalue weighted by Crippen LogP contribution is -2.19. The molecular weight excluding hydrogens is 228 g/mol. The van der Waals surface area contributed by atoms with E-state index in [0.29, 0.717) is 6.42 Å². The Kier molecular flexibility index (Phi) is 6.03. The highest BCUT2D eigenvalue weighted by molar-refractivity contribution is 5.40. The van der Waals surface area contributed by atoms with Crippen LogP contribution in [0.15, 0.2) is 18.2 Å². The molecule has 1 rings (SSSR count). The SMILES string of the molecule is COc1ccc(OC)c(CN(C)CCCC#N)c1. The second-order valence-corrected chi connectivity index (χ2v) is 4.18. The minimum atomic E-state index is 0.597. The third-order valence-electron chi connectivity index (χ3n) is 2.76. The smallest absolute Gasteiger partial charge is 0.123 e. The van der Waals surface area contributed by atoms with E-state index in [1.807, 2.05) is 25.2 Å². The molecule has 1 aromatic carbocycles. The van der Waals surface area contributed by atoms with E-state index in [2.05, 4.69) is 11.0 Å². The molecule has 0 aliphatic heterocycles. The lowest BCUT2D eigenvalue weighted by molar-refractivity contribution is 0.313. The molecule has 0 saturated carbocycles. The quantitative estimate of drug-likeness (QED) is 0.695. The second-order valence-electron chi connectivity index (χ2n) is 4.18. The standard InChI is InChI=1S/C14H20N2O2/c1-16(9-5-4-8-15)11-12-10-13(17-2)6-7-14(12)18-3/h6-7,10H,4-5,9,11H2,1-3H3. The molecule has 98 valence electrons. The zero-order chi connectivity index (χ0) is 13.4. The summed E-state index contributed by atoms with van der Waals surface area (Å²) in [6.45, 7) is 1.68. The van der Waals surface area contributed by atoms with Crippen molar-refractivity contribution in [2.24, 2.45) is 0 Å². The normalized spacial score (nSPS) is 10.2. The Labute approximate surface area is 109 Å². The number of ether oxygens (including phenoxy) is 2. The van der Waals surface area contributed by atoms with E-state index in [1.165, 1.54) is 0 Å². The molecule has 0 amide bonds. The largest absolute Gasteiger partial charge is 0.497 e. The zero-order valence-electron chi connectivity index (χ0n) is 11.3. The second kappa shape index (κ2) is 7.57. The predicted molar refractivity (Wildman–Crippen MR) is 70.7 cm³/mol. The summed E-state index contributed by atoms with van der Waals surface area (Å²) in [4.78, 5) is 2.18. The van der Waals surface area contributed by atoms with Gasteiger partial charge in [0.1, 0.15) is 11.5 Å². The molecule has 1 aromatic rings. The number of unbranched alkanes of at least 4 members (excludes halogenated alkanes) is 1. The number of nitrogens with zero attached hydrogens (tertiary/aromatic N) is 2. The van der Waals surface area contributed by atoms with Crippen LogP contribution in [0.5, 0.6) is 11.5 Å². The fraction of sp³-hybridized carbons (Fsp3) is 0.500.